The number of carbonyl (C=O) groups is 1. The molecule has 2 heterocycles. The molecular weight excluding hydrogens is 304 g/mol. The number of morpholine rings is 1. The SMILES string of the molecule is C[C@H](CC1CCCC1)C(=O)NC[C@H]([C@H]1CCOC1)N1CCOCC1. The van der Waals surface area contributed by atoms with E-state index in [1.807, 2.05) is 0 Å². The van der Waals surface area contributed by atoms with Gasteiger partial charge in [0.15, 0.2) is 0 Å². The highest BCUT2D eigenvalue weighted by molar-refractivity contribution is 5.78. The highest BCUT2D eigenvalue weighted by Crippen LogP contribution is 2.30. The van der Waals surface area contributed by atoms with Gasteiger partial charge in [-0.25, -0.2) is 0 Å². The lowest BCUT2D eigenvalue weighted by Gasteiger charge is -2.37. The Morgan fingerprint density at radius 2 is 1.88 bits per heavy atom. The maximum Gasteiger partial charge on any atom is 0.222 e. The molecule has 0 aromatic rings. The van der Waals surface area contributed by atoms with E-state index in [2.05, 4.69) is 17.1 Å². The number of rotatable bonds is 7. The summed E-state index contributed by atoms with van der Waals surface area (Å²) < 4.78 is 11.1. The van der Waals surface area contributed by atoms with Crippen LogP contribution in [0.2, 0.25) is 0 Å². The molecule has 1 N–H and O–H groups in total. The van der Waals surface area contributed by atoms with Crippen LogP contribution in [-0.4, -0.2) is 62.9 Å². The van der Waals surface area contributed by atoms with E-state index in [0.717, 1.165) is 64.8 Å². The summed E-state index contributed by atoms with van der Waals surface area (Å²) in [5.41, 5.74) is 0. The molecule has 0 unspecified atom stereocenters. The Morgan fingerprint density at radius 1 is 1.12 bits per heavy atom. The molecule has 2 saturated heterocycles. The number of hydrogen-bond acceptors (Lipinski definition) is 4. The molecule has 0 radical (unpaired) electrons. The minimum absolute atomic E-state index is 0.137. The maximum atomic E-state index is 12.5. The first-order valence-corrected chi connectivity index (χ1v) is 9.91. The fourth-order valence-electron chi connectivity index (χ4n) is 4.59. The number of ether oxygens (including phenoxy) is 2. The Kier molecular flexibility index (Phi) is 6.93. The van der Waals surface area contributed by atoms with E-state index in [4.69, 9.17) is 9.47 Å². The molecule has 5 nitrogen and oxygen atoms in total. The molecule has 5 heteroatoms. The molecule has 1 saturated carbocycles. The van der Waals surface area contributed by atoms with E-state index in [1.165, 1.54) is 25.7 Å². The molecular formula is C19H34N2O3. The zero-order valence-corrected chi connectivity index (χ0v) is 15.2. The number of nitrogens with zero attached hydrogens (tertiary/aromatic N) is 1. The maximum absolute atomic E-state index is 12.5. The minimum atomic E-state index is 0.137. The molecule has 0 bridgehead atoms. The predicted octanol–water partition coefficient (Wildman–Crippen LogP) is 2.06. The number of carbonyl (C=O) groups excluding carboxylic acids is 1. The Balaban J connectivity index is 1.48. The molecule has 3 fully saturated rings. The van der Waals surface area contributed by atoms with Crippen molar-refractivity contribution in [3.63, 3.8) is 0 Å². The van der Waals surface area contributed by atoms with Gasteiger partial charge in [0.2, 0.25) is 5.91 Å². The molecule has 3 rings (SSSR count). The van der Waals surface area contributed by atoms with Crippen LogP contribution in [0.1, 0.15) is 45.4 Å². The lowest BCUT2D eigenvalue weighted by atomic mass is 9.93. The van der Waals surface area contributed by atoms with Gasteiger partial charge >= 0.3 is 0 Å². The van der Waals surface area contributed by atoms with Crippen LogP contribution in [0.4, 0.5) is 0 Å². The Labute approximate surface area is 146 Å². The second-order valence-electron chi connectivity index (χ2n) is 7.87. The molecule has 24 heavy (non-hydrogen) atoms. The van der Waals surface area contributed by atoms with Gasteiger partial charge in [-0.3, -0.25) is 9.69 Å². The van der Waals surface area contributed by atoms with Gasteiger partial charge in [0, 0.05) is 44.1 Å². The summed E-state index contributed by atoms with van der Waals surface area (Å²) in [5.74, 6) is 1.68. The van der Waals surface area contributed by atoms with Crippen molar-refractivity contribution in [2.45, 2.75) is 51.5 Å². The summed E-state index contributed by atoms with van der Waals surface area (Å²) in [4.78, 5) is 15.0. The molecule has 0 aromatic heterocycles. The molecule has 0 aromatic carbocycles. The highest BCUT2D eigenvalue weighted by atomic mass is 16.5. The molecule has 0 spiro atoms. The Morgan fingerprint density at radius 3 is 2.54 bits per heavy atom. The van der Waals surface area contributed by atoms with Crippen molar-refractivity contribution in [2.24, 2.45) is 17.8 Å². The second kappa shape index (κ2) is 9.16. The summed E-state index contributed by atoms with van der Waals surface area (Å²) in [7, 11) is 0. The third kappa shape index (κ3) is 4.93. The number of nitrogens with one attached hydrogen (secondary N) is 1. The van der Waals surface area contributed by atoms with Gasteiger partial charge in [-0.1, -0.05) is 32.6 Å². The predicted molar refractivity (Wildman–Crippen MR) is 93.9 cm³/mol. The third-order valence-electron chi connectivity index (χ3n) is 6.12. The Hall–Kier alpha value is -0.650. The largest absolute Gasteiger partial charge is 0.381 e. The molecule has 138 valence electrons. The van der Waals surface area contributed by atoms with Crippen LogP contribution in [0, 0.1) is 17.8 Å². The van der Waals surface area contributed by atoms with Crippen LogP contribution in [0.5, 0.6) is 0 Å². The van der Waals surface area contributed by atoms with E-state index >= 15 is 0 Å². The first kappa shape index (κ1) is 18.2. The minimum Gasteiger partial charge on any atom is -0.381 e. The molecule has 1 aliphatic carbocycles. The molecule has 3 aliphatic rings. The summed E-state index contributed by atoms with van der Waals surface area (Å²) in [6, 6.07) is 0.388. The van der Waals surface area contributed by atoms with Gasteiger partial charge < -0.3 is 14.8 Å². The van der Waals surface area contributed by atoms with Crippen molar-refractivity contribution in [2.75, 3.05) is 46.1 Å². The van der Waals surface area contributed by atoms with Crippen LogP contribution < -0.4 is 5.32 Å². The van der Waals surface area contributed by atoms with Gasteiger partial charge in [0.05, 0.1) is 19.8 Å². The summed E-state index contributed by atoms with van der Waals surface area (Å²) in [6.45, 7) is 8.07. The van der Waals surface area contributed by atoms with Crippen LogP contribution >= 0.6 is 0 Å². The monoisotopic (exact) mass is 338 g/mol. The van der Waals surface area contributed by atoms with Gasteiger partial charge in [-0.05, 0) is 18.8 Å². The number of hydrogen-bond donors (Lipinski definition) is 1. The van der Waals surface area contributed by atoms with Crippen molar-refractivity contribution in [3.05, 3.63) is 0 Å². The molecule has 3 atom stereocenters. The van der Waals surface area contributed by atoms with E-state index < -0.39 is 0 Å². The van der Waals surface area contributed by atoms with Crippen LogP contribution in [0.3, 0.4) is 0 Å². The topological polar surface area (TPSA) is 50.8 Å². The normalized spacial score (nSPS) is 28.8. The van der Waals surface area contributed by atoms with E-state index in [9.17, 15) is 4.79 Å². The Bertz CT molecular complexity index is 386. The highest BCUT2D eigenvalue weighted by Gasteiger charge is 2.32. The lowest BCUT2D eigenvalue weighted by molar-refractivity contribution is -0.125. The van der Waals surface area contributed by atoms with Crippen LogP contribution in [0.15, 0.2) is 0 Å². The average molecular weight is 338 g/mol. The average Bonchev–Trinajstić information content (AvgIpc) is 3.30. The molecule has 2 aliphatic heterocycles. The summed E-state index contributed by atoms with van der Waals surface area (Å²) in [6.07, 6.45) is 7.48. The van der Waals surface area contributed by atoms with Gasteiger partial charge in [-0.2, -0.15) is 0 Å². The third-order valence-corrected chi connectivity index (χ3v) is 6.12. The first-order chi connectivity index (χ1) is 11.7. The fraction of sp³-hybridized carbons (Fsp3) is 0.947. The van der Waals surface area contributed by atoms with Crippen LogP contribution in [0.25, 0.3) is 0 Å². The van der Waals surface area contributed by atoms with Crippen molar-refractivity contribution >= 4 is 5.91 Å². The van der Waals surface area contributed by atoms with Crippen LogP contribution in [-0.2, 0) is 14.3 Å². The quantitative estimate of drug-likeness (QED) is 0.772. The van der Waals surface area contributed by atoms with Crippen molar-refractivity contribution in [3.8, 4) is 0 Å². The zero-order chi connectivity index (χ0) is 16.8. The molecule has 1 amide bonds. The van der Waals surface area contributed by atoms with Gasteiger partial charge in [-0.15, -0.1) is 0 Å². The van der Waals surface area contributed by atoms with Crippen molar-refractivity contribution in [1.82, 2.24) is 10.2 Å². The summed E-state index contributed by atoms with van der Waals surface area (Å²) >= 11 is 0. The van der Waals surface area contributed by atoms with E-state index in [0.29, 0.717) is 12.0 Å². The van der Waals surface area contributed by atoms with E-state index in [-0.39, 0.29) is 11.8 Å². The smallest absolute Gasteiger partial charge is 0.222 e. The standard InChI is InChI=1S/C19H34N2O3/c1-15(12-16-4-2-3-5-16)19(22)20-13-18(17-6-9-24-14-17)21-7-10-23-11-8-21/h15-18H,2-14H2,1H3,(H,20,22)/t15-,17+,18-/m1/s1. The number of amides is 1. The zero-order valence-electron chi connectivity index (χ0n) is 15.2. The van der Waals surface area contributed by atoms with Crippen molar-refractivity contribution < 1.29 is 14.3 Å². The lowest BCUT2D eigenvalue weighted by Crippen LogP contribution is -2.52. The van der Waals surface area contributed by atoms with Gasteiger partial charge in [0.25, 0.3) is 0 Å². The van der Waals surface area contributed by atoms with Gasteiger partial charge in [0.1, 0.15) is 0 Å². The van der Waals surface area contributed by atoms with Crippen molar-refractivity contribution in [1.29, 1.82) is 0 Å². The van der Waals surface area contributed by atoms with E-state index in [1.54, 1.807) is 0 Å². The second-order valence-corrected chi connectivity index (χ2v) is 7.87. The summed E-state index contributed by atoms with van der Waals surface area (Å²) in [5, 5.41) is 3.25. The first-order valence-electron chi connectivity index (χ1n) is 9.91. The fourth-order valence-corrected chi connectivity index (χ4v) is 4.59.